The van der Waals surface area contributed by atoms with Crippen molar-refractivity contribution in [1.82, 2.24) is 9.88 Å². The van der Waals surface area contributed by atoms with Gasteiger partial charge in [-0.15, -0.1) is 0 Å². The van der Waals surface area contributed by atoms with Gasteiger partial charge in [0.25, 0.3) is 17.7 Å². The van der Waals surface area contributed by atoms with E-state index in [1.165, 1.54) is 18.3 Å². The Bertz CT molecular complexity index is 725. The maximum atomic E-state index is 12.8. The molecule has 2 heterocycles. The first-order valence-corrected chi connectivity index (χ1v) is 6.94. The topological polar surface area (TPSA) is 62.3 Å². The van der Waals surface area contributed by atoms with Crippen molar-refractivity contribution in [3.05, 3.63) is 59.9 Å². The molecule has 0 radical (unpaired) electrons. The Labute approximate surface area is 130 Å². The van der Waals surface area contributed by atoms with E-state index < -0.39 is 24.9 Å². The van der Waals surface area contributed by atoms with Crippen molar-refractivity contribution >= 4 is 17.5 Å². The van der Waals surface area contributed by atoms with E-state index in [1.54, 1.807) is 30.3 Å². The summed E-state index contributed by atoms with van der Waals surface area (Å²) in [5, 5.41) is 2.65. The second-order valence-corrected chi connectivity index (χ2v) is 5.26. The van der Waals surface area contributed by atoms with Crippen LogP contribution in [0.1, 0.15) is 20.8 Å². The molecule has 1 N–H and O–H groups in total. The molecule has 0 unspecified atom stereocenters. The van der Waals surface area contributed by atoms with Gasteiger partial charge in [-0.1, -0.05) is 6.07 Å². The Morgan fingerprint density at radius 1 is 1.09 bits per heavy atom. The van der Waals surface area contributed by atoms with Gasteiger partial charge < -0.3 is 10.2 Å². The molecule has 0 aliphatic carbocycles. The first-order valence-electron chi connectivity index (χ1n) is 6.94. The first-order chi connectivity index (χ1) is 10.9. The fourth-order valence-electron chi connectivity index (χ4n) is 2.23. The lowest BCUT2D eigenvalue weighted by atomic mass is 10.1. The molecule has 23 heavy (non-hydrogen) atoms. The Kier molecular flexibility index (Phi) is 3.77. The minimum absolute atomic E-state index is 0.274. The van der Waals surface area contributed by atoms with Gasteiger partial charge in [0.1, 0.15) is 5.69 Å². The molecule has 1 aromatic carbocycles. The van der Waals surface area contributed by atoms with Crippen LogP contribution < -0.4 is 5.32 Å². The monoisotopic (exact) mass is 317 g/mol. The van der Waals surface area contributed by atoms with Crippen LogP contribution in [0, 0.1) is 0 Å². The zero-order valence-corrected chi connectivity index (χ0v) is 12.0. The van der Waals surface area contributed by atoms with Crippen LogP contribution in [-0.4, -0.2) is 40.7 Å². The van der Waals surface area contributed by atoms with E-state index in [0.717, 1.165) is 4.90 Å². The molecule has 7 heteroatoms. The molecule has 118 valence electrons. The predicted octanol–water partition coefficient (Wildman–Crippen LogP) is 2.43. The number of anilines is 1. The van der Waals surface area contributed by atoms with Crippen LogP contribution in [0.15, 0.2) is 48.7 Å². The molecule has 1 saturated heterocycles. The quantitative estimate of drug-likeness (QED) is 0.946. The molecule has 3 rings (SSSR count). The summed E-state index contributed by atoms with van der Waals surface area (Å²) in [6, 6.07) is 11.1. The van der Waals surface area contributed by atoms with Crippen LogP contribution in [0.25, 0.3) is 0 Å². The average molecular weight is 317 g/mol. The first kappa shape index (κ1) is 15.1. The summed E-state index contributed by atoms with van der Waals surface area (Å²) in [6.45, 7) is -1.10. The highest BCUT2D eigenvalue weighted by molar-refractivity contribution is 6.03. The maximum Gasteiger partial charge on any atom is 0.282 e. The molecule has 1 aromatic heterocycles. The number of halogens is 2. The van der Waals surface area contributed by atoms with E-state index in [4.69, 9.17) is 0 Å². The van der Waals surface area contributed by atoms with Crippen molar-refractivity contribution in [2.75, 3.05) is 18.4 Å². The molecule has 0 spiro atoms. The van der Waals surface area contributed by atoms with Crippen molar-refractivity contribution in [3.8, 4) is 0 Å². The number of alkyl halides is 2. The summed E-state index contributed by atoms with van der Waals surface area (Å²) < 4.78 is 25.6. The Balaban J connectivity index is 1.63. The van der Waals surface area contributed by atoms with E-state index in [9.17, 15) is 18.4 Å². The number of pyridine rings is 1. The van der Waals surface area contributed by atoms with Gasteiger partial charge in [-0.3, -0.25) is 14.6 Å². The second kappa shape index (κ2) is 5.75. The number of amides is 2. The molecule has 1 aliphatic heterocycles. The number of hydrogen-bond acceptors (Lipinski definition) is 3. The number of hydrogen-bond donors (Lipinski definition) is 1. The van der Waals surface area contributed by atoms with Gasteiger partial charge in [-0.05, 0) is 36.4 Å². The number of benzene rings is 1. The summed E-state index contributed by atoms with van der Waals surface area (Å²) in [5.74, 6) is -3.60. The van der Waals surface area contributed by atoms with Gasteiger partial charge in [0.15, 0.2) is 0 Å². The molecule has 2 amide bonds. The summed E-state index contributed by atoms with van der Waals surface area (Å²) in [4.78, 5) is 28.9. The molecule has 0 bridgehead atoms. The van der Waals surface area contributed by atoms with Gasteiger partial charge in [-0.2, -0.15) is 0 Å². The third-order valence-electron chi connectivity index (χ3n) is 3.42. The summed E-state index contributed by atoms with van der Waals surface area (Å²) >= 11 is 0. The number of nitrogens with one attached hydrogen (secondary N) is 1. The van der Waals surface area contributed by atoms with Crippen LogP contribution in [0.3, 0.4) is 0 Å². The lowest BCUT2D eigenvalue weighted by Crippen LogP contribution is -2.58. The van der Waals surface area contributed by atoms with Crippen LogP contribution in [0.4, 0.5) is 14.5 Å². The number of nitrogens with zero attached hydrogens (tertiary/aromatic N) is 2. The average Bonchev–Trinajstić information content (AvgIpc) is 2.53. The SMILES string of the molecule is O=C(Nc1ccc(C(=O)N2CC(F)(F)C2)cc1)c1ccccn1. The standard InChI is InChI=1S/C16H13F2N3O2/c17-16(18)9-21(10-16)15(23)11-4-6-12(7-5-11)20-14(22)13-3-1-2-8-19-13/h1-8H,9-10H2,(H,20,22). The smallest absolute Gasteiger partial charge is 0.282 e. The largest absolute Gasteiger partial charge is 0.326 e. The Hall–Kier alpha value is -2.83. The van der Waals surface area contributed by atoms with Gasteiger partial charge in [0, 0.05) is 17.4 Å². The highest BCUT2D eigenvalue weighted by Crippen LogP contribution is 2.28. The van der Waals surface area contributed by atoms with Crippen molar-refractivity contribution in [2.24, 2.45) is 0 Å². The molecular weight excluding hydrogens is 304 g/mol. The maximum absolute atomic E-state index is 12.8. The van der Waals surface area contributed by atoms with E-state index in [1.807, 2.05) is 0 Å². The van der Waals surface area contributed by atoms with E-state index in [-0.39, 0.29) is 11.6 Å². The summed E-state index contributed by atoms with van der Waals surface area (Å²) in [7, 11) is 0. The molecule has 0 saturated carbocycles. The van der Waals surface area contributed by atoms with Gasteiger partial charge in [-0.25, -0.2) is 8.78 Å². The van der Waals surface area contributed by atoms with Crippen molar-refractivity contribution in [3.63, 3.8) is 0 Å². The van der Waals surface area contributed by atoms with Crippen molar-refractivity contribution in [2.45, 2.75) is 5.92 Å². The van der Waals surface area contributed by atoms with E-state index >= 15 is 0 Å². The molecular formula is C16H13F2N3O2. The summed E-state index contributed by atoms with van der Waals surface area (Å²) in [6.07, 6.45) is 1.51. The predicted molar refractivity (Wildman–Crippen MR) is 79.5 cm³/mol. The van der Waals surface area contributed by atoms with Crippen LogP contribution in [0.2, 0.25) is 0 Å². The Morgan fingerprint density at radius 2 is 1.78 bits per heavy atom. The number of likely N-dealkylation sites (tertiary alicyclic amines) is 1. The van der Waals surface area contributed by atoms with Crippen molar-refractivity contribution in [1.29, 1.82) is 0 Å². The van der Waals surface area contributed by atoms with Crippen LogP contribution >= 0.6 is 0 Å². The number of aromatic nitrogens is 1. The van der Waals surface area contributed by atoms with Crippen molar-refractivity contribution < 1.29 is 18.4 Å². The molecule has 1 fully saturated rings. The molecule has 5 nitrogen and oxygen atoms in total. The van der Waals surface area contributed by atoms with Crippen LogP contribution in [-0.2, 0) is 0 Å². The minimum atomic E-state index is -2.79. The highest BCUT2D eigenvalue weighted by Gasteiger charge is 2.46. The third kappa shape index (κ3) is 3.33. The van der Waals surface area contributed by atoms with Crippen LogP contribution in [0.5, 0.6) is 0 Å². The van der Waals surface area contributed by atoms with Gasteiger partial charge in [0.05, 0.1) is 13.1 Å². The second-order valence-electron chi connectivity index (χ2n) is 5.26. The van der Waals surface area contributed by atoms with Gasteiger partial charge in [0.2, 0.25) is 0 Å². The molecule has 0 atom stereocenters. The number of carbonyl (C=O) groups is 2. The highest BCUT2D eigenvalue weighted by atomic mass is 19.3. The fraction of sp³-hybridized carbons (Fsp3) is 0.188. The summed E-state index contributed by atoms with van der Waals surface area (Å²) in [5.41, 5.74) is 1.07. The third-order valence-corrected chi connectivity index (χ3v) is 3.42. The van der Waals surface area contributed by atoms with Gasteiger partial charge >= 0.3 is 0 Å². The minimum Gasteiger partial charge on any atom is -0.326 e. The lowest BCUT2D eigenvalue weighted by Gasteiger charge is -2.38. The molecule has 2 aromatic rings. The zero-order chi connectivity index (χ0) is 16.4. The number of rotatable bonds is 3. The normalized spacial score (nSPS) is 15.7. The Morgan fingerprint density at radius 3 is 2.35 bits per heavy atom. The fourth-order valence-corrected chi connectivity index (χ4v) is 2.23. The lowest BCUT2D eigenvalue weighted by molar-refractivity contribution is -0.113. The van der Waals surface area contributed by atoms with E-state index in [2.05, 4.69) is 10.3 Å². The molecule has 1 aliphatic rings. The zero-order valence-electron chi connectivity index (χ0n) is 12.0. The van der Waals surface area contributed by atoms with E-state index in [0.29, 0.717) is 11.3 Å². The number of carbonyl (C=O) groups excluding carboxylic acids is 2.